The Morgan fingerprint density at radius 3 is 2.80 bits per heavy atom. The van der Waals surface area contributed by atoms with E-state index in [-0.39, 0.29) is 11.7 Å². The van der Waals surface area contributed by atoms with Crippen molar-refractivity contribution in [3.05, 3.63) is 40.0 Å². The fraction of sp³-hybridized carbons (Fsp3) is 0.409. The Bertz CT molecular complexity index is 1240. The van der Waals surface area contributed by atoms with Crippen molar-refractivity contribution < 1.29 is 15.0 Å². The number of nitrogens with zero attached hydrogens (tertiary/aromatic N) is 3. The SMILES string of the molecule is CNc1cc(C#Cc2ccc(C)s2)nc2c1ncn2[C@@H]1C2C[C@]2(C(C)=O)C(O)[C@H]1O. The lowest BCUT2D eigenvalue weighted by Gasteiger charge is -2.23. The number of hydrogen-bond donors (Lipinski definition) is 3. The third-order valence-corrected chi connectivity index (χ3v) is 7.42. The molecule has 2 aliphatic carbocycles. The summed E-state index contributed by atoms with van der Waals surface area (Å²) in [5.41, 5.74) is 1.77. The van der Waals surface area contributed by atoms with Crippen LogP contribution in [-0.2, 0) is 4.79 Å². The topological polar surface area (TPSA) is 100 Å². The number of fused-ring (bicyclic) bond motifs is 2. The first-order valence-corrected chi connectivity index (χ1v) is 10.7. The number of carbonyl (C=O) groups is 1. The molecule has 5 rings (SSSR count). The van der Waals surface area contributed by atoms with Crippen molar-refractivity contribution in [1.82, 2.24) is 14.5 Å². The number of pyridine rings is 1. The van der Waals surface area contributed by atoms with E-state index in [1.165, 1.54) is 11.8 Å². The van der Waals surface area contributed by atoms with E-state index in [9.17, 15) is 15.0 Å². The van der Waals surface area contributed by atoms with Crippen LogP contribution in [0, 0.1) is 30.1 Å². The summed E-state index contributed by atoms with van der Waals surface area (Å²) in [5.74, 6) is 6.07. The van der Waals surface area contributed by atoms with E-state index < -0.39 is 23.7 Å². The maximum Gasteiger partial charge on any atom is 0.163 e. The average molecular weight is 423 g/mol. The van der Waals surface area contributed by atoms with Crippen LogP contribution < -0.4 is 5.32 Å². The van der Waals surface area contributed by atoms with Crippen LogP contribution in [0.25, 0.3) is 11.2 Å². The van der Waals surface area contributed by atoms with Gasteiger partial charge in [-0.25, -0.2) is 9.97 Å². The zero-order chi connectivity index (χ0) is 21.2. The number of aliphatic hydroxyl groups excluding tert-OH is 2. The molecular formula is C22H22N4O3S. The van der Waals surface area contributed by atoms with Crippen molar-refractivity contribution in [1.29, 1.82) is 0 Å². The Morgan fingerprint density at radius 1 is 1.37 bits per heavy atom. The first-order valence-electron chi connectivity index (χ1n) is 9.87. The molecule has 3 N–H and O–H groups in total. The molecule has 0 aliphatic heterocycles. The molecule has 7 nitrogen and oxygen atoms in total. The highest BCUT2D eigenvalue weighted by Gasteiger charge is 2.74. The second-order valence-electron chi connectivity index (χ2n) is 8.12. The van der Waals surface area contributed by atoms with Gasteiger partial charge in [-0.15, -0.1) is 11.3 Å². The zero-order valence-electron chi connectivity index (χ0n) is 16.9. The third kappa shape index (κ3) is 2.63. The highest BCUT2D eigenvalue weighted by atomic mass is 32.1. The molecule has 0 spiro atoms. The van der Waals surface area contributed by atoms with Crippen molar-refractivity contribution in [3.8, 4) is 11.8 Å². The van der Waals surface area contributed by atoms with Crippen LogP contribution in [0.1, 0.15) is 34.8 Å². The summed E-state index contributed by atoms with van der Waals surface area (Å²) in [6, 6.07) is 5.42. The molecule has 0 aromatic carbocycles. The van der Waals surface area contributed by atoms with Gasteiger partial charge in [0.05, 0.1) is 34.5 Å². The summed E-state index contributed by atoms with van der Waals surface area (Å²) < 4.78 is 1.80. The fourth-order valence-corrected chi connectivity index (χ4v) is 5.60. The number of ketones is 1. The van der Waals surface area contributed by atoms with Crippen LogP contribution in [0.15, 0.2) is 24.5 Å². The fourth-order valence-electron chi connectivity index (χ4n) is 4.88. The molecule has 3 heterocycles. The molecule has 2 fully saturated rings. The summed E-state index contributed by atoms with van der Waals surface area (Å²) >= 11 is 1.63. The Labute approximate surface area is 177 Å². The van der Waals surface area contributed by atoms with Gasteiger partial charge < -0.3 is 20.1 Å². The lowest BCUT2D eigenvalue weighted by atomic mass is 9.95. The van der Waals surface area contributed by atoms with Gasteiger partial charge >= 0.3 is 0 Å². The summed E-state index contributed by atoms with van der Waals surface area (Å²) in [5, 5.41) is 24.4. The maximum atomic E-state index is 12.2. The van der Waals surface area contributed by atoms with Crippen LogP contribution in [0.2, 0.25) is 0 Å². The van der Waals surface area contributed by atoms with Gasteiger partial charge in [-0.2, -0.15) is 0 Å². The molecule has 3 aromatic rings. The van der Waals surface area contributed by atoms with Crippen molar-refractivity contribution >= 4 is 34.0 Å². The van der Waals surface area contributed by atoms with Crippen molar-refractivity contribution in [2.75, 3.05) is 12.4 Å². The van der Waals surface area contributed by atoms with Gasteiger partial charge in [-0.05, 0) is 56.2 Å². The molecule has 154 valence electrons. The molecule has 5 atom stereocenters. The second-order valence-corrected chi connectivity index (χ2v) is 9.41. The molecular weight excluding hydrogens is 400 g/mol. The van der Waals surface area contributed by atoms with E-state index in [4.69, 9.17) is 4.98 Å². The molecule has 0 amide bonds. The van der Waals surface area contributed by atoms with Gasteiger partial charge in [0, 0.05) is 11.9 Å². The molecule has 3 aromatic heterocycles. The average Bonchev–Trinajstić information content (AvgIpc) is 2.98. The number of rotatable bonds is 3. The predicted octanol–water partition coefficient (Wildman–Crippen LogP) is 2.11. The molecule has 2 unspecified atom stereocenters. The number of imidazole rings is 1. The number of aromatic nitrogens is 3. The Balaban J connectivity index is 1.59. The summed E-state index contributed by atoms with van der Waals surface area (Å²) in [4.78, 5) is 23.5. The second kappa shape index (κ2) is 6.64. The number of carbonyl (C=O) groups excluding carboxylic acids is 1. The first kappa shape index (κ1) is 19.2. The van der Waals surface area contributed by atoms with Crippen molar-refractivity contribution in [2.24, 2.45) is 11.3 Å². The number of aryl methyl sites for hydroxylation is 1. The van der Waals surface area contributed by atoms with E-state index >= 15 is 0 Å². The Hall–Kier alpha value is -2.73. The molecule has 2 saturated carbocycles. The minimum Gasteiger partial charge on any atom is -0.389 e. The van der Waals surface area contributed by atoms with E-state index in [1.807, 2.05) is 32.2 Å². The highest BCUT2D eigenvalue weighted by Crippen LogP contribution is 2.68. The highest BCUT2D eigenvalue weighted by molar-refractivity contribution is 7.12. The summed E-state index contributed by atoms with van der Waals surface area (Å²) in [6.45, 7) is 3.53. The lowest BCUT2D eigenvalue weighted by molar-refractivity contribution is -0.128. The minimum atomic E-state index is -1.07. The predicted molar refractivity (Wildman–Crippen MR) is 114 cm³/mol. The van der Waals surface area contributed by atoms with Crippen molar-refractivity contribution in [3.63, 3.8) is 0 Å². The number of hydrogen-bond acceptors (Lipinski definition) is 7. The first-order chi connectivity index (χ1) is 14.4. The van der Waals surface area contributed by atoms with Crippen LogP contribution >= 0.6 is 11.3 Å². The maximum absolute atomic E-state index is 12.2. The number of Topliss-reactive ketones (excluding diaryl/α,β-unsaturated/α-hetero) is 1. The van der Waals surface area contributed by atoms with Crippen molar-refractivity contribution in [2.45, 2.75) is 38.5 Å². The van der Waals surface area contributed by atoms with Gasteiger partial charge in [0.1, 0.15) is 23.1 Å². The number of thiophene rings is 1. The zero-order valence-corrected chi connectivity index (χ0v) is 17.7. The smallest absolute Gasteiger partial charge is 0.163 e. The lowest BCUT2D eigenvalue weighted by Crippen LogP contribution is -2.36. The number of anilines is 1. The van der Waals surface area contributed by atoms with Gasteiger partial charge in [0.15, 0.2) is 5.65 Å². The van der Waals surface area contributed by atoms with Crippen LogP contribution in [-0.4, -0.2) is 49.8 Å². The van der Waals surface area contributed by atoms with Crippen LogP contribution in [0.3, 0.4) is 0 Å². The molecule has 2 aliphatic rings. The van der Waals surface area contributed by atoms with Crippen LogP contribution in [0.5, 0.6) is 0 Å². The standard InChI is InChI=1S/C22H22N4O3S/c1-11-4-6-14(30-11)7-5-13-8-16(23-3)17-21(25-13)26(10-24-17)18-15-9-22(15,12(2)27)20(29)19(18)28/h4,6,8,10,15,18-20,28-29H,9H2,1-3H3,(H,23,25)/t15?,18-,19+,20?,22-/m1/s1. The van der Waals surface area contributed by atoms with E-state index in [1.54, 1.807) is 22.2 Å². The van der Waals surface area contributed by atoms with Gasteiger partial charge in [0.2, 0.25) is 0 Å². The molecule has 0 radical (unpaired) electrons. The van der Waals surface area contributed by atoms with Crippen LogP contribution in [0.4, 0.5) is 5.69 Å². The molecule has 0 saturated heterocycles. The molecule has 0 bridgehead atoms. The monoisotopic (exact) mass is 422 g/mol. The summed E-state index contributed by atoms with van der Waals surface area (Å²) in [7, 11) is 1.81. The normalized spacial score (nSPS) is 29.4. The van der Waals surface area contributed by atoms with Gasteiger partial charge in [-0.1, -0.05) is 0 Å². The van der Waals surface area contributed by atoms with Gasteiger partial charge in [0.25, 0.3) is 0 Å². The van der Waals surface area contributed by atoms with E-state index in [0.29, 0.717) is 23.3 Å². The molecule has 8 heteroatoms. The molecule has 30 heavy (non-hydrogen) atoms. The minimum absolute atomic E-state index is 0.0763. The summed E-state index contributed by atoms with van der Waals surface area (Å²) in [6.07, 6.45) is 0.0825. The quantitative estimate of drug-likeness (QED) is 0.559. The Morgan fingerprint density at radius 2 is 2.17 bits per heavy atom. The number of nitrogens with one attached hydrogen (secondary N) is 1. The Kier molecular flexibility index (Phi) is 4.26. The van der Waals surface area contributed by atoms with E-state index in [2.05, 4.69) is 22.1 Å². The largest absolute Gasteiger partial charge is 0.389 e. The number of aliphatic hydroxyl groups is 2. The third-order valence-electron chi connectivity index (χ3n) is 6.50. The van der Waals surface area contributed by atoms with E-state index in [0.717, 1.165) is 10.6 Å². The van der Waals surface area contributed by atoms with Gasteiger partial charge in [-0.3, -0.25) is 4.79 Å².